The third-order valence-corrected chi connectivity index (χ3v) is 1.44. The summed E-state index contributed by atoms with van der Waals surface area (Å²) in [4.78, 5) is 11.1. The second kappa shape index (κ2) is 6.65. The molecule has 0 aliphatic heterocycles. The molecule has 4 nitrogen and oxygen atoms in total. The average Bonchev–Trinajstić information content (AvgIpc) is 2.00. The summed E-state index contributed by atoms with van der Waals surface area (Å²) in [5.74, 6) is 0. The number of methoxy groups -OCH3 is 1. The van der Waals surface area contributed by atoms with Crippen LogP contribution < -0.4 is 5.32 Å². The van der Waals surface area contributed by atoms with Crippen LogP contribution in [0.5, 0.6) is 0 Å². The van der Waals surface area contributed by atoms with Gasteiger partial charge in [0.25, 0.3) is 0 Å². The second-order valence-corrected chi connectivity index (χ2v) is 4.13. The van der Waals surface area contributed by atoms with Crippen molar-refractivity contribution in [3.05, 3.63) is 0 Å². The van der Waals surface area contributed by atoms with Gasteiger partial charge >= 0.3 is 6.09 Å². The first kappa shape index (κ1) is 13.2. The van der Waals surface area contributed by atoms with Crippen LogP contribution >= 0.6 is 0 Å². The van der Waals surface area contributed by atoms with Crippen LogP contribution in [-0.2, 0) is 9.47 Å². The number of ether oxygens (including phenoxy) is 2. The Morgan fingerprint density at radius 1 is 1.29 bits per heavy atom. The Kier molecular flexibility index (Phi) is 6.28. The van der Waals surface area contributed by atoms with E-state index in [2.05, 4.69) is 5.32 Å². The van der Waals surface area contributed by atoms with Gasteiger partial charge in [0.2, 0.25) is 0 Å². The van der Waals surface area contributed by atoms with Crippen LogP contribution in [0.4, 0.5) is 4.79 Å². The minimum Gasteiger partial charge on any atom is -0.444 e. The van der Waals surface area contributed by atoms with Crippen molar-refractivity contribution in [3.8, 4) is 0 Å². The highest BCUT2D eigenvalue weighted by Crippen LogP contribution is 2.06. The Labute approximate surface area is 86.0 Å². The third kappa shape index (κ3) is 9.32. The number of alkyl carbamates (subject to hydrolysis) is 1. The van der Waals surface area contributed by atoms with Crippen molar-refractivity contribution in [3.63, 3.8) is 0 Å². The van der Waals surface area contributed by atoms with Crippen molar-refractivity contribution in [2.45, 2.75) is 39.2 Å². The molecule has 0 fully saturated rings. The molecule has 1 N–H and O–H groups in total. The topological polar surface area (TPSA) is 47.6 Å². The maximum atomic E-state index is 11.1. The van der Waals surface area contributed by atoms with Crippen LogP contribution in [0.25, 0.3) is 0 Å². The molecule has 4 heteroatoms. The highest BCUT2D eigenvalue weighted by molar-refractivity contribution is 5.67. The molecule has 0 radical (unpaired) electrons. The van der Waals surface area contributed by atoms with Crippen molar-refractivity contribution >= 4 is 6.09 Å². The van der Waals surface area contributed by atoms with E-state index in [1.54, 1.807) is 7.11 Å². The summed E-state index contributed by atoms with van der Waals surface area (Å²) in [5.41, 5.74) is -0.420. The smallest absolute Gasteiger partial charge is 0.407 e. The summed E-state index contributed by atoms with van der Waals surface area (Å²) in [6, 6.07) is 0. The predicted molar refractivity (Wildman–Crippen MR) is 55.3 cm³/mol. The van der Waals surface area contributed by atoms with Gasteiger partial charge in [-0.2, -0.15) is 0 Å². The molecule has 0 spiro atoms. The van der Waals surface area contributed by atoms with Crippen molar-refractivity contribution < 1.29 is 14.3 Å². The molecule has 0 rings (SSSR count). The van der Waals surface area contributed by atoms with Gasteiger partial charge in [0.1, 0.15) is 5.60 Å². The first-order valence-electron chi connectivity index (χ1n) is 4.91. The van der Waals surface area contributed by atoms with Gasteiger partial charge in [-0.15, -0.1) is 0 Å². The number of unbranched alkanes of at least 4 members (excludes halogenated alkanes) is 1. The van der Waals surface area contributed by atoms with E-state index in [4.69, 9.17) is 9.47 Å². The first-order chi connectivity index (χ1) is 6.45. The lowest BCUT2D eigenvalue weighted by atomic mass is 10.2. The van der Waals surface area contributed by atoms with E-state index in [1.807, 2.05) is 20.8 Å². The highest BCUT2D eigenvalue weighted by atomic mass is 16.6. The van der Waals surface area contributed by atoms with Crippen LogP contribution in [0.1, 0.15) is 33.6 Å². The Hall–Kier alpha value is -0.770. The monoisotopic (exact) mass is 203 g/mol. The molecule has 0 bridgehead atoms. The van der Waals surface area contributed by atoms with Crippen molar-refractivity contribution in [1.29, 1.82) is 0 Å². The minimum absolute atomic E-state index is 0.352. The maximum absolute atomic E-state index is 11.1. The second-order valence-electron chi connectivity index (χ2n) is 4.13. The predicted octanol–water partition coefficient (Wildman–Crippen LogP) is 1.94. The number of carbonyl (C=O) groups is 1. The number of amides is 1. The molecule has 0 atom stereocenters. The van der Waals surface area contributed by atoms with Gasteiger partial charge in [-0.05, 0) is 33.6 Å². The Morgan fingerprint density at radius 2 is 1.93 bits per heavy atom. The van der Waals surface area contributed by atoms with E-state index in [0.717, 1.165) is 19.4 Å². The largest absolute Gasteiger partial charge is 0.444 e. The quantitative estimate of drug-likeness (QED) is 0.695. The van der Waals surface area contributed by atoms with E-state index in [0.29, 0.717) is 6.54 Å². The standard InChI is InChI=1S/C10H21NO3/c1-10(2,3)14-9(12)11-7-5-6-8-13-4/h5-8H2,1-4H3,(H,11,12). The molecule has 14 heavy (non-hydrogen) atoms. The summed E-state index contributed by atoms with van der Waals surface area (Å²) in [5, 5.41) is 2.68. The van der Waals surface area contributed by atoms with Gasteiger partial charge in [-0.1, -0.05) is 0 Å². The number of carbonyl (C=O) groups excluding carboxylic acids is 1. The van der Waals surface area contributed by atoms with Crippen molar-refractivity contribution in [2.24, 2.45) is 0 Å². The van der Waals surface area contributed by atoms with E-state index >= 15 is 0 Å². The fraction of sp³-hybridized carbons (Fsp3) is 0.900. The number of nitrogens with one attached hydrogen (secondary N) is 1. The van der Waals surface area contributed by atoms with Crippen LogP contribution in [-0.4, -0.2) is 32.0 Å². The van der Waals surface area contributed by atoms with Gasteiger partial charge in [0, 0.05) is 20.3 Å². The molecule has 0 unspecified atom stereocenters. The van der Waals surface area contributed by atoms with Gasteiger partial charge < -0.3 is 14.8 Å². The summed E-state index contributed by atoms with van der Waals surface area (Å²) in [7, 11) is 1.67. The van der Waals surface area contributed by atoms with Gasteiger partial charge in [0.05, 0.1) is 0 Å². The number of hydrogen-bond acceptors (Lipinski definition) is 3. The average molecular weight is 203 g/mol. The zero-order valence-electron chi connectivity index (χ0n) is 9.55. The molecule has 0 saturated carbocycles. The normalized spacial score (nSPS) is 11.1. The Balaban J connectivity index is 3.36. The Morgan fingerprint density at radius 3 is 2.43 bits per heavy atom. The van der Waals surface area contributed by atoms with Crippen molar-refractivity contribution in [1.82, 2.24) is 5.32 Å². The lowest BCUT2D eigenvalue weighted by Gasteiger charge is -2.19. The SMILES string of the molecule is COCCCCNC(=O)OC(C)(C)C. The summed E-state index contributed by atoms with van der Waals surface area (Å²) in [6.07, 6.45) is 1.51. The zero-order chi connectivity index (χ0) is 11.0. The van der Waals surface area contributed by atoms with Gasteiger partial charge in [0.15, 0.2) is 0 Å². The fourth-order valence-corrected chi connectivity index (χ4v) is 0.876. The summed E-state index contributed by atoms with van der Waals surface area (Å²) < 4.78 is 9.95. The van der Waals surface area contributed by atoms with Crippen LogP contribution in [0.2, 0.25) is 0 Å². The van der Waals surface area contributed by atoms with Gasteiger partial charge in [-0.3, -0.25) is 0 Å². The molecular formula is C10H21NO3. The zero-order valence-corrected chi connectivity index (χ0v) is 9.55. The van der Waals surface area contributed by atoms with E-state index < -0.39 is 5.60 Å². The summed E-state index contributed by atoms with van der Waals surface area (Å²) >= 11 is 0. The fourth-order valence-electron chi connectivity index (χ4n) is 0.876. The molecular weight excluding hydrogens is 182 g/mol. The number of hydrogen-bond donors (Lipinski definition) is 1. The molecule has 0 aliphatic rings. The molecule has 0 aliphatic carbocycles. The molecule has 1 amide bonds. The minimum atomic E-state index is -0.420. The van der Waals surface area contributed by atoms with E-state index in [9.17, 15) is 4.79 Å². The maximum Gasteiger partial charge on any atom is 0.407 e. The highest BCUT2D eigenvalue weighted by Gasteiger charge is 2.15. The van der Waals surface area contributed by atoms with E-state index in [-0.39, 0.29) is 6.09 Å². The molecule has 0 saturated heterocycles. The molecule has 0 aromatic heterocycles. The molecule has 0 aromatic rings. The van der Waals surface area contributed by atoms with E-state index in [1.165, 1.54) is 0 Å². The lowest BCUT2D eigenvalue weighted by Crippen LogP contribution is -2.33. The van der Waals surface area contributed by atoms with Crippen LogP contribution in [0, 0.1) is 0 Å². The molecule has 0 aromatic carbocycles. The third-order valence-electron chi connectivity index (χ3n) is 1.44. The first-order valence-corrected chi connectivity index (χ1v) is 4.91. The van der Waals surface area contributed by atoms with Crippen LogP contribution in [0.15, 0.2) is 0 Å². The van der Waals surface area contributed by atoms with Crippen molar-refractivity contribution in [2.75, 3.05) is 20.3 Å². The lowest BCUT2D eigenvalue weighted by molar-refractivity contribution is 0.0525. The molecule has 84 valence electrons. The molecule has 0 heterocycles. The Bertz CT molecular complexity index is 163. The number of rotatable bonds is 5. The summed E-state index contributed by atoms with van der Waals surface area (Å²) in [6.45, 7) is 6.90. The van der Waals surface area contributed by atoms with Crippen LogP contribution in [0.3, 0.4) is 0 Å². The van der Waals surface area contributed by atoms with Gasteiger partial charge in [-0.25, -0.2) is 4.79 Å².